The van der Waals surface area contributed by atoms with E-state index in [2.05, 4.69) is 4.98 Å². The van der Waals surface area contributed by atoms with Crippen molar-refractivity contribution in [2.24, 2.45) is 0 Å². The van der Waals surface area contributed by atoms with Crippen molar-refractivity contribution in [3.05, 3.63) is 46.2 Å². The Bertz CT molecular complexity index is 775. The Balaban J connectivity index is 2.14. The van der Waals surface area contributed by atoms with E-state index in [0.29, 0.717) is 5.52 Å². The lowest BCUT2D eigenvalue weighted by Crippen LogP contribution is -2.09. The molecule has 110 valence electrons. The molecule has 0 amide bonds. The number of alkyl halides is 3. The van der Waals surface area contributed by atoms with Crippen LogP contribution in [0.2, 0.25) is 0 Å². The van der Waals surface area contributed by atoms with E-state index < -0.39 is 11.7 Å². The van der Waals surface area contributed by atoms with Gasteiger partial charge in [0.15, 0.2) is 0 Å². The minimum Gasteiger partial charge on any atom is -0.369 e. The molecule has 0 spiro atoms. The number of imidazole rings is 1. The van der Waals surface area contributed by atoms with E-state index in [1.54, 1.807) is 15.9 Å². The van der Waals surface area contributed by atoms with Gasteiger partial charge in [-0.25, -0.2) is 4.98 Å². The summed E-state index contributed by atoms with van der Waals surface area (Å²) in [4.78, 5) is 4.06. The van der Waals surface area contributed by atoms with Gasteiger partial charge in [-0.05, 0) is 47.5 Å². The van der Waals surface area contributed by atoms with E-state index in [-0.39, 0.29) is 17.5 Å². The highest BCUT2D eigenvalue weighted by molar-refractivity contribution is 7.07. The first-order valence-corrected chi connectivity index (χ1v) is 7.19. The molecule has 0 radical (unpaired) electrons. The smallest absolute Gasteiger partial charge is 0.369 e. The maximum Gasteiger partial charge on any atom is 0.416 e. The number of halogens is 3. The van der Waals surface area contributed by atoms with E-state index in [9.17, 15) is 13.2 Å². The maximum absolute atomic E-state index is 12.7. The Labute approximate surface area is 122 Å². The summed E-state index contributed by atoms with van der Waals surface area (Å²) in [5.74, 6) is 0.211. The van der Waals surface area contributed by atoms with Crippen molar-refractivity contribution in [1.29, 1.82) is 0 Å². The first-order chi connectivity index (χ1) is 9.88. The van der Waals surface area contributed by atoms with Crippen LogP contribution in [0.15, 0.2) is 35.0 Å². The fourth-order valence-corrected chi connectivity index (χ4v) is 3.11. The molecule has 3 nitrogen and oxygen atoms in total. The highest BCUT2D eigenvalue weighted by Crippen LogP contribution is 2.33. The van der Waals surface area contributed by atoms with Gasteiger partial charge in [-0.2, -0.15) is 24.5 Å². The lowest BCUT2D eigenvalue weighted by Gasteiger charge is -2.15. The fraction of sp³-hybridized carbons (Fsp3) is 0.214. The molecule has 0 saturated heterocycles. The number of benzene rings is 1. The van der Waals surface area contributed by atoms with E-state index in [1.807, 2.05) is 23.8 Å². The number of anilines is 1. The Morgan fingerprint density at radius 1 is 1.29 bits per heavy atom. The van der Waals surface area contributed by atoms with Crippen LogP contribution < -0.4 is 5.73 Å². The van der Waals surface area contributed by atoms with Gasteiger partial charge in [0.1, 0.15) is 0 Å². The van der Waals surface area contributed by atoms with Crippen LogP contribution in [0.1, 0.15) is 24.1 Å². The molecule has 0 aliphatic rings. The average Bonchev–Trinajstić information content (AvgIpc) is 3.02. The van der Waals surface area contributed by atoms with Gasteiger partial charge >= 0.3 is 6.18 Å². The van der Waals surface area contributed by atoms with Crippen LogP contribution in [-0.4, -0.2) is 9.55 Å². The monoisotopic (exact) mass is 311 g/mol. The summed E-state index contributed by atoms with van der Waals surface area (Å²) in [6.07, 6.45) is -4.38. The second-order valence-corrected chi connectivity index (χ2v) is 5.55. The van der Waals surface area contributed by atoms with E-state index >= 15 is 0 Å². The summed E-state index contributed by atoms with van der Waals surface area (Å²) in [5.41, 5.74) is 7.07. The van der Waals surface area contributed by atoms with E-state index in [4.69, 9.17) is 5.73 Å². The van der Waals surface area contributed by atoms with Crippen LogP contribution in [0.25, 0.3) is 11.0 Å². The molecule has 7 heteroatoms. The summed E-state index contributed by atoms with van der Waals surface area (Å²) in [6.45, 7) is 1.94. The molecule has 1 aromatic carbocycles. The minimum absolute atomic E-state index is 0.0852. The molecule has 2 N–H and O–H groups in total. The number of hydrogen-bond donors (Lipinski definition) is 1. The number of thiophene rings is 1. The SMILES string of the molecule is CC(c1ccsc1)n1c(N)nc2cc(C(F)(F)F)ccc21. The van der Waals surface area contributed by atoms with Crippen molar-refractivity contribution in [3.8, 4) is 0 Å². The van der Waals surface area contributed by atoms with Gasteiger partial charge in [0.25, 0.3) is 0 Å². The summed E-state index contributed by atoms with van der Waals surface area (Å²) in [7, 11) is 0. The Morgan fingerprint density at radius 2 is 2.05 bits per heavy atom. The van der Waals surface area contributed by atoms with Gasteiger partial charge < -0.3 is 10.3 Å². The van der Waals surface area contributed by atoms with Gasteiger partial charge in [0, 0.05) is 0 Å². The van der Waals surface area contributed by atoms with Crippen LogP contribution in [0, 0.1) is 0 Å². The molecule has 0 fully saturated rings. The van der Waals surface area contributed by atoms with Crippen molar-refractivity contribution in [2.75, 3.05) is 5.73 Å². The van der Waals surface area contributed by atoms with Gasteiger partial charge in [-0.3, -0.25) is 0 Å². The molecule has 0 bridgehead atoms. The molecular formula is C14H12F3N3S. The molecule has 0 saturated carbocycles. The van der Waals surface area contributed by atoms with E-state index in [0.717, 1.165) is 17.7 Å². The van der Waals surface area contributed by atoms with Crippen molar-refractivity contribution in [3.63, 3.8) is 0 Å². The highest BCUT2D eigenvalue weighted by Gasteiger charge is 2.31. The van der Waals surface area contributed by atoms with Crippen LogP contribution in [-0.2, 0) is 6.18 Å². The Morgan fingerprint density at radius 3 is 2.67 bits per heavy atom. The molecule has 1 unspecified atom stereocenters. The third-order valence-electron chi connectivity index (χ3n) is 3.46. The largest absolute Gasteiger partial charge is 0.416 e. The fourth-order valence-electron chi connectivity index (χ4n) is 2.36. The van der Waals surface area contributed by atoms with Crippen molar-refractivity contribution >= 4 is 28.3 Å². The molecule has 21 heavy (non-hydrogen) atoms. The van der Waals surface area contributed by atoms with Crippen LogP contribution in [0.3, 0.4) is 0 Å². The number of rotatable bonds is 2. The van der Waals surface area contributed by atoms with Crippen LogP contribution in [0.4, 0.5) is 19.1 Å². The molecule has 3 aromatic rings. The van der Waals surface area contributed by atoms with Gasteiger partial charge in [-0.15, -0.1) is 0 Å². The average molecular weight is 311 g/mol. The lowest BCUT2D eigenvalue weighted by atomic mass is 10.1. The van der Waals surface area contributed by atoms with E-state index in [1.165, 1.54) is 6.07 Å². The number of hydrogen-bond acceptors (Lipinski definition) is 3. The van der Waals surface area contributed by atoms with Crippen molar-refractivity contribution in [2.45, 2.75) is 19.1 Å². The molecule has 0 aliphatic carbocycles. The highest BCUT2D eigenvalue weighted by atomic mass is 32.1. The zero-order chi connectivity index (χ0) is 15.2. The standard InChI is InChI=1S/C14H12F3N3S/c1-8(9-4-5-21-7-9)20-12-3-2-10(14(15,16)17)6-11(12)19-13(20)18/h2-8H,1H3,(H2,18,19). The van der Waals surface area contributed by atoms with Crippen LogP contribution in [0.5, 0.6) is 0 Å². The Hall–Kier alpha value is -2.02. The number of nitrogens with two attached hydrogens (primary N) is 1. The summed E-state index contributed by atoms with van der Waals surface area (Å²) < 4.78 is 40.0. The number of nitrogens with zero attached hydrogens (tertiary/aromatic N) is 2. The molecule has 3 rings (SSSR count). The zero-order valence-electron chi connectivity index (χ0n) is 11.1. The normalized spacial score (nSPS) is 13.7. The lowest BCUT2D eigenvalue weighted by molar-refractivity contribution is -0.137. The summed E-state index contributed by atoms with van der Waals surface area (Å²) in [6, 6.07) is 5.38. The zero-order valence-corrected chi connectivity index (χ0v) is 11.9. The first-order valence-electron chi connectivity index (χ1n) is 6.24. The third-order valence-corrected chi connectivity index (χ3v) is 4.16. The molecule has 2 heterocycles. The van der Waals surface area contributed by atoms with Crippen molar-refractivity contribution in [1.82, 2.24) is 9.55 Å². The summed E-state index contributed by atoms with van der Waals surface area (Å²) in [5, 5.41) is 3.93. The molecular weight excluding hydrogens is 299 g/mol. The van der Waals surface area contributed by atoms with Crippen LogP contribution >= 0.6 is 11.3 Å². The molecule has 1 atom stereocenters. The predicted molar refractivity (Wildman–Crippen MR) is 77.3 cm³/mol. The van der Waals surface area contributed by atoms with Gasteiger partial charge in [0.05, 0.1) is 22.6 Å². The number of nitrogen functional groups attached to an aromatic ring is 1. The van der Waals surface area contributed by atoms with Gasteiger partial charge in [-0.1, -0.05) is 0 Å². The third kappa shape index (κ3) is 2.37. The minimum atomic E-state index is -4.38. The Kier molecular flexibility index (Phi) is 3.16. The molecule has 0 aliphatic heterocycles. The van der Waals surface area contributed by atoms with Crippen molar-refractivity contribution < 1.29 is 13.2 Å². The second-order valence-electron chi connectivity index (χ2n) is 4.77. The maximum atomic E-state index is 12.7. The number of aromatic nitrogens is 2. The first kappa shape index (κ1) is 13.9. The predicted octanol–water partition coefficient (Wildman–Crippen LogP) is 4.31. The quantitative estimate of drug-likeness (QED) is 0.766. The topological polar surface area (TPSA) is 43.8 Å². The number of fused-ring (bicyclic) bond motifs is 1. The van der Waals surface area contributed by atoms with Gasteiger partial charge in [0.2, 0.25) is 5.95 Å². The summed E-state index contributed by atoms with van der Waals surface area (Å²) >= 11 is 1.56. The molecule has 2 aromatic heterocycles. The second kappa shape index (κ2) is 4.77.